The zero-order valence-electron chi connectivity index (χ0n) is 3.80. The van der Waals surface area contributed by atoms with Crippen LogP contribution in [0.1, 0.15) is 0 Å². The lowest BCUT2D eigenvalue weighted by atomic mass is 11.2. The minimum atomic E-state index is -2.15. The molecular formula is C2H6FNO2S. The van der Waals surface area contributed by atoms with Crippen LogP contribution in [-0.4, -0.2) is 26.9 Å². The third-order valence-corrected chi connectivity index (χ3v) is 1.07. The van der Waals surface area contributed by atoms with Crippen molar-refractivity contribution in [2.75, 3.05) is 13.8 Å². The Labute approximate surface area is 43.5 Å². The number of rotatable bonds is 2. The van der Waals surface area contributed by atoms with E-state index >= 15 is 0 Å². The second kappa shape index (κ2) is 3.06. The molecule has 0 saturated carbocycles. The summed E-state index contributed by atoms with van der Waals surface area (Å²) in [5.74, 6) is 0. The molecule has 0 aromatic heterocycles. The van der Waals surface area contributed by atoms with Crippen molar-refractivity contribution in [1.82, 2.24) is 4.31 Å². The van der Waals surface area contributed by atoms with Crippen LogP contribution in [0.3, 0.4) is 0 Å². The molecule has 44 valence electrons. The molecule has 0 aromatic carbocycles. The number of halogens is 1. The van der Waals surface area contributed by atoms with E-state index in [0.717, 1.165) is 0 Å². The van der Waals surface area contributed by atoms with Crippen molar-refractivity contribution in [2.24, 2.45) is 0 Å². The molecule has 1 N–H and O–H groups in total. The highest BCUT2D eigenvalue weighted by molar-refractivity contribution is 7.76. The Morgan fingerprint density at radius 1 is 2.00 bits per heavy atom. The Balaban J connectivity index is 3.34. The maximum atomic E-state index is 11.2. The molecule has 0 aromatic rings. The number of nitrogens with zero attached hydrogens (tertiary/aromatic N) is 1. The average molecular weight is 127 g/mol. The van der Waals surface area contributed by atoms with Crippen molar-refractivity contribution in [2.45, 2.75) is 0 Å². The van der Waals surface area contributed by atoms with E-state index in [9.17, 15) is 8.60 Å². The van der Waals surface area contributed by atoms with Crippen molar-refractivity contribution in [1.29, 1.82) is 0 Å². The molecule has 0 spiro atoms. The van der Waals surface area contributed by atoms with Gasteiger partial charge in [-0.3, -0.25) is 4.55 Å². The largest absolute Gasteiger partial charge is 0.294 e. The minimum absolute atomic E-state index is 0.653. The first-order chi connectivity index (χ1) is 3.18. The van der Waals surface area contributed by atoms with Gasteiger partial charge < -0.3 is 0 Å². The SMILES string of the molecule is CN(CF)S(=O)O. The molecule has 0 saturated heterocycles. The summed E-state index contributed by atoms with van der Waals surface area (Å²) in [4.78, 5) is 0. The molecule has 0 heterocycles. The van der Waals surface area contributed by atoms with Crippen molar-refractivity contribution in [3.05, 3.63) is 0 Å². The molecule has 7 heavy (non-hydrogen) atoms. The second-order valence-corrected chi connectivity index (χ2v) is 2.06. The van der Waals surface area contributed by atoms with Crippen LogP contribution in [0.5, 0.6) is 0 Å². The van der Waals surface area contributed by atoms with E-state index in [-0.39, 0.29) is 0 Å². The minimum Gasteiger partial charge on any atom is -0.294 e. The van der Waals surface area contributed by atoms with E-state index in [4.69, 9.17) is 4.55 Å². The molecule has 5 heteroatoms. The summed E-state index contributed by atoms with van der Waals surface area (Å²) in [5.41, 5.74) is 0. The number of hydrogen-bond donors (Lipinski definition) is 1. The lowest BCUT2D eigenvalue weighted by Gasteiger charge is -2.01. The lowest BCUT2D eigenvalue weighted by molar-refractivity contribution is 0.320. The van der Waals surface area contributed by atoms with E-state index < -0.39 is 18.1 Å². The van der Waals surface area contributed by atoms with Crippen molar-refractivity contribution in [3.63, 3.8) is 0 Å². The first kappa shape index (κ1) is 7.00. The first-order valence-corrected chi connectivity index (χ1v) is 2.63. The monoisotopic (exact) mass is 127 g/mol. The van der Waals surface area contributed by atoms with E-state index in [2.05, 4.69) is 0 Å². The first-order valence-electron chi connectivity index (χ1n) is 1.56. The van der Waals surface area contributed by atoms with Gasteiger partial charge in [0.15, 0.2) is 6.80 Å². The highest BCUT2D eigenvalue weighted by Gasteiger charge is 1.99. The molecule has 0 amide bonds. The van der Waals surface area contributed by atoms with Crippen LogP contribution in [0.2, 0.25) is 0 Å². The van der Waals surface area contributed by atoms with Crippen LogP contribution in [0.4, 0.5) is 4.39 Å². The van der Waals surface area contributed by atoms with Gasteiger partial charge in [-0.2, -0.15) is 4.31 Å². The molecule has 0 aliphatic rings. The highest BCUT2D eigenvalue weighted by Crippen LogP contribution is 1.83. The number of alkyl halides is 1. The molecule has 0 bridgehead atoms. The van der Waals surface area contributed by atoms with E-state index in [0.29, 0.717) is 4.31 Å². The summed E-state index contributed by atoms with van der Waals surface area (Å²) in [7, 11) is 1.20. The Kier molecular flexibility index (Phi) is 3.06. The Morgan fingerprint density at radius 3 is 2.43 bits per heavy atom. The van der Waals surface area contributed by atoms with Crippen LogP contribution < -0.4 is 0 Å². The normalized spacial score (nSPS) is 14.9. The van der Waals surface area contributed by atoms with Crippen molar-refractivity contribution < 1.29 is 13.2 Å². The fourth-order valence-electron chi connectivity index (χ4n) is 0.0417. The van der Waals surface area contributed by atoms with Crippen LogP contribution >= 0.6 is 0 Å². The molecule has 0 fully saturated rings. The Hall–Kier alpha value is -0.0000000000000000486. The summed E-state index contributed by atoms with van der Waals surface area (Å²) in [6.07, 6.45) is 0. The van der Waals surface area contributed by atoms with Gasteiger partial charge in [0.2, 0.25) is 11.3 Å². The van der Waals surface area contributed by atoms with Gasteiger partial charge in [-0.25, -0.2) is 8.60 Å². The van der Waals surface area contributed by atoms with Crippen LogP contribution in [0.15, 0.2) is 0 Å². The molecule has 0 aliphatic heterocycles. The fraction of sp³-hybridized carbons (Fsp3) is 1.00. The van der Waals surface area contributed by atoms with Crippen LogP contribution in [0.25, 0.3) is 0 Å². The quantitative estimate of drug-likeness (QED) is 0.418. The van der Waals surface area contributed by atoms with Gasteiger partial charge in [0.25, 0.3) is 0 Å². The zero-order chi connectivity index (χ0) is 5.86. The smallest absolute Gasteiger partial charge is 0.236 e. The predicted molar refractivity (Wildman–Crippen MR) is 24.5 cm³/mol. The maximum Gasteiger partial charge on any atom is 0.236 e. The molecular weight excluding hydrogens is 121 g/mol. The molecule has 0 aliphatic carbocycles. The van der Waals surface area contributed by atoms with Gasteiger partial charge in [-0.1, -0.05) is 0 Å². The highest BCUT2D eigenvalue weighted by atomic mass is 32.2. The second-order valence-electron chi connectivity index (χ2n) is 0.978. The standard InChI is InChI=1S/C2H6FNO2S/c1-4(2-3)7(5)6/h2H2,1H3,(H,5,6). The summed E-state index contributed by atoms with van der Waals surface area (Å²) < 4.78 is 29.6. The topological polar surface area (TPSA) is 40.5 Å². The molecule has 1 atom stereocenters. The third kappa shape index (κ3) is 2.67. The third-order valence-electron chi connectivity index (χ3n) is 0.435. The Bertz CT molecular complexity index is 78.1. The average Bonchev–Trinajstić information content (AvgIpc) is 1.65. The Morgan fingerprint density at radius 2 is 2.43 bits per heavy atom. The van der Waals surface area contributed by atoms with Crippen LogP contribution in [0, 0.1) is 0 Å². The van der Waals surface area contributed by atoms with E-state index in [1.54, 1.807) is 0 Å². The molecule has 0 rings (SSSR count). The van der Waals surface area contributed by atoms with E-state index in [1.807, 2.05) is 0 Å². The predicted octanol–water partition coefficient (Wildman–Crippen LogP) is -0.0181. The summed E-state index contributed by atoms with van der Waals surface area (Å²) >= 11 is -2.15. The summed E-state index contributed by atoms with van der Waals surface area (Å²) in [6.45, 7) is -0.900. The van der Waals surface area contributed by atoms with Gasteiger partial charge in [-0.15, -0.1) is 0 Å². The zero-order valence-corrected chi connectivity index (χ0v) is 4.61. The maximum absolute atomic E-state index is 11.2. The van der Waals surface area contributed by atoms with Gasteiger partial charge in [0, 0.05) is 7.05 Å². The van der Waals surface area contributed by atoms with Crippen molar-refractivity contribution in [3.8, 4) is 0 Å². The lowest BCUT2D eigenvalue weighted by Crippen LogP contribution is -2.18. The fourth-order valence-corrected chi connectivity index (χ4v) is 0.125. The van der Waals surface area contributed by atoms with Gasteiger partial charge in [0.05, 0.1) is 0 Å². The summed E-state index contributed by atoms with van der Waals surface area (Å²) in [6, 6.07) is 0. The van der Waals surface area contributed by atoms with Crippen LogP contribution in [-0.2, 0) is 11.3 Å². The summed E-state index contributed by atoms with van der Waals surface area (Å²) in [5, 5.41) is 0. The number of hydrogen-bond acceptors (Lipinski definition) is 1. The van der Waals surface area contributed by atoms with E-state index in [1.165, 1.54) is 7.05 Å². The molecule has 0 radical (unpaired) electrons. The van der Waals surface area contributed by atoms with Gasteiger partial charge in [-0.05, 0) is 0 Å². The van der Waals surface area contributed by atoms with Gasteiger partial charge in [0.1, 0.15) is 0 Å². The molecule has 3 nitrogen and oxygen atoms in total. The van der Waals surface area contributed by atoms with Gasteiger partial charge >= 0.3 is 0 Å². The molecule has 1 unspecified atom stereocenters. The van der Waals surface area contributed by atoms with Crippen molar-refractivity contribution >= 4 is 11.3 Å².